The Balaban J connectivity index is 1.70. The maximum atomic E-state index is 11.8. The van der Waals surface area contributed by atoms with Gasteiger partial charge in [-0.25, -0.2) is 4.79 Å². The molecule has 0 saturated carbocycles. The molecule has 0 bridgehead atoms. The molecule has 0 amide bonds. The molecule has 1 aromatic rings. The van der Waals surface area contributed by atoms with Gasteiger partial charge in [0.15, 0.2) is 11.5 Å². The average Bonchev–Trinajstić information content (AvgIpc) is 2.72. The van der Waals surface area contributed by atoms with Crippen LogP contribution in [0.15, 0.2) is 6.07 Å². The first-order chi connectivity index (χ1) is 13.6. The highest BCUT2D eigenvalue weighted by Gasteiger charge is 2.29. The predicted molar refractivity (Wildman–Crippen MR) is 107 cm³/mol. The zero-order chi connectivity index (χ0) is 20.1. The molecule has 2 aliphatic rings. The fourth-order valence-electron chi connectivity index (χ4n) is 4.56. The Labute approximate surface area is 167 Å². The molecular formula is C21H32N2O5. The number of hydrogen-bond donors (Lipinski definition) is 1. The van der Waals surface area contributed by atoms with Crippen molar-refractivity contribution in [3.63, 3.8) is 0 Å². The van der Waals surface area contributed by atoms with E-state index in [9.17, 15) is 9.90 Å². The van der Waals surface area contributed by atoms with E-state index in [0.29, 0.717) is 35.3 Å². The predicted octanol–water partition coefficient (Wildman–Crippen LogP) is 2.51. The average molecular weight is 392 g/mol. The van der Waals surface area contributed by atoms with Gasteiger partial charge in [0.1, 0.15) is 0 Å². The summed E-state index contributed by atoms with van der Waals surface area (Å²) in [5.41, 5.74) is 0.885. The second kappa shape index (κ2) is 9.47. The van der Waals surface area contributed by atoms with Gasteiger partial charge in [0.25, 0.3) is 0 Å². The summed E-state index contributed by atoms with van der Waals surface area (Å²) in [6, 6.07) is 2.22. The highest BCUT2D eigenvalue weighted by Crippen LogP contribution is 2.42. The van der Waals surface area contributed by atoms with Crippen molar-refractivity contribution in [2.75, 3.05) is 54.1 Å². The number of ether oxygens (including phenoxy) is 3. The summed E-state index contributed by atoms with van der Waals surface area (Å²) in [5.74, 6) is 0.288. The Kier molecular flexibility index (Phi) is 7.02. The van der Waals surface area contributed by atoms with E-state index in [4.69, 9.17) is 14.2 Å². The number of piperazine rings is 1. The minimum atomic E-state index is -0.981. The highest BCUT2D eigenvalue weighted by atomic mass is 16.5. The number of methoxy groups -OCH3 is 3. The van der Waals surface area contributed by atoms with Crippen molar-refractivity contribution in [3.8, 4) is 17.2 Å². The van der Waals surface area contributed by atoms with E-state index in [1.54, 1.807) is 0 Å². The molecule has 1 atom stereocenters. The van der Waals surface area contributed by atoms with Crippen molar-refractivity contribution in [3.05, 3.63) is 17.2 Å². The summed E-state index contributed by atoms with van der Waals surface area (Å²) in [4.78, 5) is 17.0. The number of piperidine rings is 1. The molecule has 0 spiro atoms. The van der Waals surface area contributed by atoms with Crippen LogP contribution in [-0.2, 0) is 6.42 Å². The minimum Gasteiger partial charge on any atom is -0.493 e. The highest BCUT2D eigenvalue weighted by molar-refractivity contribution is 5.92. The van der Waals surface area contributed by atoms with Gasteiger partial charge in [-0.3, -0.25) is 4.90 Å². The molecule has 28 heavy (non-hydrogen) atoms. The van der Waals surface area contributed by atoms with E-state index in [1.165, 1.54) is 53.2 Å². The first kappa shape index (κ1) is 20.7. The first-order valence-corrected chi connectivity index (χ1v) is 10.1. The van der Waals surface area contributed by atoms with E-state index in [0.717, 1.165) is 32.6 Å². The molecule has 2 aliphatic heterocycles. The number of carbonyl (C=O) groups is 1. The number of aromatic carboxylic acids is 1. The fraction of sp³-hybridized carbons (Fsp3) is 0.667. The molecule has 1 unspecified atom stereocenters. The van der Waals surface area contributed by atoms with Gasteiger partial charge in [0, 0.05) is 31.2 Å². The minimum absolute atomic E-state index is 0.214. The molecule has 0 aliphatic carbocycles. The van der Waals surface area contributed by atoms with Crippen LogP contribution in [0.2, 0.25) is 0 Å². The van der Waals surface area contributed by atoms with E-state index in [-0.39, 0.29) is 5.56 Å². The second-order valence-corrected chi connectivity index (χ2v) is 7.57. The number of nitrogens with zero attached hydrogens (tertiary/aromatic N) is 2. The number of fused-ring (bicyclic) bond motifs is 1. The van der Waals surface area contributed by atoms with Crippen LogP contribution in [0, 0.1) is 0 Å². The SMILES string of the molecule is COc1cc(C(=O)O)c(CCCN2CCN3CCCCC3C2)c(OC)c1OC. The van der Waals surface area contributed by atoms with E-state index in [1.807, 2.05) is 0 Å². The Morgan fingerprint density at radius 2 is 1.89 bits per heavy atom. The quantitative estimate of drug-likeness (QED) is 0.729. The van der Waals surface area contributed by atoms with Crippen molar-refractivity contribution < 1.29 is 24.1 Å². The largest absolute Gasteiger partial charge is 0.493 e. The molecule has 7 heteroatoms. The van der Waals surface area contributed by atoms with Crippen LogP contribution in [0.1, 0.15) is 41.6 Å². The molecule has 7 nitrogen and oxygen atoms in total. The molecule has 1 N–H and O–H groups in total. The van der Waals surface area contributed by atoms with Gasteiger partial charge in [0.2, 0.25) is 5.75 Å². The van der Waals surface area contributed by atoms with Gasteiger partial charge in [-0.15, -0.1) is 0 Å². The Bertz CT molecular complexity index is 694. The topological polar surface area (TPSA) is 71.5 Å². The van der Waals surface area contributed by atoms with Gasteiger partial charge in [-0.1, -0.05) is 6.42 Å². The van der Waals surface area contributed by atoms with Gasteiger partial charge in [-0.2, -0.15) is 0 Å². The van der Waals surface area contributed by atoms with Gasteiger partial charge >= 0.3 is 5.97 Å². The normalized spacial score (nSPS) is 20.5. The maximum absolute atomic E-state index is 11.8. The van der Waals surface area contributed by atoms with Crippen molar-refractivity contribution in [2.45, 2.75) is 38.1 Å². The Morgan fingerprint density at radius 3 is 2.57 bits per heavy atom. The number of benzene rings is 1. The molecule has 2 fully saturated rings. The van der Waals surface area contributed by atoms with Crippen molar-refractivity contribution >= 4 is 5.97 Å². The number of rotatable bonds is 8. The summed E-state index contributed by atoms with van der Waals surface area (Å²) >= 11 is 0. The number of hydrogen-bond acceptors (Lipinski definition) is 6. The Hall–Kier alpha value is -1.99. The molecular weight excluding hydrogens is 360 g/mol. The summed E-state index contributed by atoms with van der Waals surface area (Å²) in [6.07, 6.45) is 5.45. The summed E-state index contributed by atoms with van der Waals surface area (Å²) in [5, 5.41) is 9.68. The number of carboxylic acid groups (broad SMARTS) is 1. The third kappa shape index (κ3) is 4.36. The third-order valence-corrected chi connectivity index (χ3v) is 5.99. The molecule has 2 saturated heterocycles. The van der Waals surface area contributed by atoms with Crippen LogP contribution in [0.3, 0.4) is 0 Å². The standard InChI is InChI=1S/C21H32N2O5/c1-26-18-13-17(21(24)25)16(19(27-2)20(18)28-3)8-6-9-22-11-12-23-10-5-4-7-15(23)14-22/h13,15H,4-12,14H2,1-3H3,(H,24,25). The lowest BCUT2D eigenvalue weighted by Gasteiger charge is -2.44. The molecule has 3 rings (SSSR count). The van der Waals surface area contributed by atoms with Crippen LogP contribution in [0.5, 0.6) is 17.2 Å². The molecule has 1 aromatic carbocycles. The Morgan fingerprint density at radius 1 is 1.11 bits per heavy atom. The lowest BCUT2D eigenvalue weighted by molar-refractivity contribution is 0.0489. The zero-order valence-electron chi connectivity index (χ0n) is 17.2. The molecule has 0 aromatic heterocycles. The van der Waals surface area contributed by atoms with Gasteiger partial charge in [0.05, 0.1) is 26.9 Å². The van der Waals surface area contributed by atoms with E-state index in [2.05, 4.69) is 9.80 Å². The summed E-state index contributed by atoms with van der Waals surface area (Å²) < 4.78 is 16.2. The number of carboxylic acids is 1. The van der Waals surface area contributed by atoms with E-state index >= 15 is 0 Å². The smallest absolute Gasteiger partial charge is 0.336 e. The lowest BCUT2D eigenvalue weighted by Crippen LogP contribution is -2.54. The van der Waals surface area contributed by atoms with Gasteiger partial charge < -0.3 is 24.2 Å². The van der Waals surface area contributed by atoms with Crippen LogP contribution in [0.4, 0.5) is 0 Å². The van der Waals surface area contributed by atoms with Crippen LogP contribution < -0.4 is 14.2 Å². The molecule has 2 heterocycles. The van der Waals surface area contributed by atoms with Crippen LogP contribution in [-0.4, -0.2) is 81.0 Å². The molecule has 0 radical (unpaired) electrons. The van der Waals surface area contributed by atoms with Crippen LogP contribution in [0.25, 0.3) is 0 Å². The van der Waals surface area contributed by atoms with E-state index < -0.39 is 5.97 Å². The maximum Gasteiger partial charge on any atom is 0.336 e. The monoisotopic (exact) mass is 392 g/mol. The summed E-state index contributed by atoms with van der Waals surface area (Å²) in [7, 11) is 4.57. The van der Waals surface area contributed by atoms with Crippen molar-refractivity contribution in [1.29, 1.82) is 0 Å². The van der Waals surface area contributed by atoms with Crippen LogP contribution >= 0.6 is 0 Å². The van der Waals surface area contributed by atoms with Gasteiger partial charge in [-0.05, 0) is 44.8 Å². The zero-order valence-corrected chi connectivity index (χ0v) is 17.2. The fourth-order valence-corrected chi connectivity index (χ4v) is 4.56. The summed E-state index contributed by atoms with van der Waals surface area (Å²) in [6.45, 7) is 5.55. The van der Waals surface area contributed by atoms with Crippen molar-refractivity contribution in [2.24, 2.45) is 0 Å². The first-order valence-electron chi connectivity index (χ1n) is 10.1. The molecule has 156 valence electrons. The second-order valence-electron chi connectivity index (χ2n) is 7.57. The lowest BCUT2D eigenvalue weighted by atomic mass is 9.98. The van der Waals surface area contributed by atoms with Crippen molar-refractivity contribution in [1.82, 2.24) is 9.80 Å². The third-order valence-electron chi connectivity index (χ3n) is 5.99.